The summed E-state index contributed by atoms with van der Waals surface area (Å²) < 4.78 is 5.69. The Balaban J connectivity index is 0.00000242. The molecule has 2 rings (SSSR count). The van der Waals surface area contributed by atoms with Crippen LogP contribution in [-0.2, 0) is 4.79 Å². The third kappa shape index (κ3) is 5.71. The number of nitrogens with one attached hydrogen (secondary N) is 1. The Morgan fingerprint density at radius 3 is 2.41 bits per heavy atom. The second kappa shape index (κ2) is 9.28. The highest BCUT2D eigenvalue weighted by atomic mass is 35.5. The van der Waals surface area contributed by atoms with Crippen LogP contribution >= 0.6 is 24.2 Å². The van der Waals surface area contributed by atoms with E-state index in [4.69, 9.17) is 10.5 Å². The van der Waals surface area contributed by atoms with Crippen LogP contribution in [0.4, 0.5) is 0 Å². The number of amides is 1. The zero-order valence-corrected chi connectivity index (χ0v) is 14.7. The van der Waals surface area contributed by atoms with Crippen LogP contribution in [0.25, 0.3) is 0 Å². The van der Waals surface area contributed by atoms with E-state index in [1.54, 1.807) is 18.7 Å². The third-order valence-electron chi connectivity index (χ3n) is 3.86. The van der Waals surface area contributed by atoms with Crippen LogP contribution < -0.4 is 15.8 Å². The van der Waals surface area contributed by atoms with Crippen molar-refractivity contribution in [3.8, 4) is 5.75 Å². The van der Waals surface area contributed by atoms with Crippen LogP contribution in [0.3, 0.4) is 0 Å². The fourth-order valence-corrected chi connectivity index (χ4v) is 2.90. The second-order valence-corrected chi connectivity index (χ2v) is 6.44. The Kier molecular flexibility index (Phi) is 8.07. The van der Waals surface area contributed by atoms with E-state index in [-0.39, 0.29) is 24.4 Å². The van der Waals surface area contributed by atoms with Gasteiger partial charge >= 0.3 is 0 Å². The molecule has 124 valence electrons. The molecule has 1 unspecified atom stereocenters. The lowest BCUT2D eigenvalue weighted by Gasteiger charge is -2.27. The zero-order chi connectivity index (χ0) is 15.2. The van der Waals surface area contributed by atoms with Gasteiger partial charge in [-0.15, -0.1) is 24.2 Å². The van der Waals surface area contributed by atoms with Gasteiger partial charge in [0.15, 0.2) is 6.10 Å². The van der Waals surface area contributed by atoms with Crippen molar-refractivity contribution in [3.63, 3.8) is 0 Å². The van der Waals surface area contributed by atoms with Gasteiger partial charge in [0.25, 0.3) is 5.91 Å². The minimum Gasteiger partial charge on any atom is -0.481 e. The summed E-state index contributed by atoms with van der Waals surface area (Å²) in [4.78, 5) is 13.3. The Morgan fingerprint density at radius 2 is 1.86 bits per heavy atom. The minimum atomic E-state index is -0.485. The van der Waals surface area contributed by atoms with Crippen LogP contribution in [0.2, 0.25) is 0 Å². The summed E-state index contributed by atoms with van der Waals surface area (Å²) in [6.07, 6.45) is 5.43. The molecule has 1 amide bonds. The van der Waals surface area contributed by atoms with E-state index >= 15 is 0 Å². The molecule has 22 heavy (non-hydrogen) atoms. The van der Waals surface area contributed by atoms with Gasteiger partial charge in [0, 0.05) is 17.0 Å². The monoisotopic (exact) mass is 344 g/mol. The summed E-state index contributed by atoms with van der Waals surface area (Å²) in [7, 11) is 0. The first-order chi connectivity index (χ1) is 10.1. The largest absolute Gasteiger partial charge is 0.481 e. The van der Waals surface area contributed by atoms with Gasteiger partial charge in [0.2, 0.25) is 0 Å². The van der Waals surface area contributed by atoms with E-state index in [0.717, 1.165) is 31.4 Å². The molecular formula is C16H25ClN2O2S. The molecule has 1 aliphatic rings. The summed E-state index contributed by atoms with van der Waals surface area (Å²) in [6, 6.07) is 8.31. The van der Waals surface area contributed by atoms with Crippen LogP contribution in [0.5, 0.6) is 5.75 Å². The van der Waals surface area contributed by atoms with Crippen molar-refractivity contribution in [1.82, 2.24) is 5.32 Å². The van der Waals surface area contributed by atoms with Crippen LogP contribution in [-0.4, -0.2) is 30.4 Å². The molecular weight excluding hydrogens is 320 g/mol. The van der Waals surface area contributed by atoms with Crippen LogP contribution in [0, 0.1) is 0 Å². The number of thioether (sulfide) groups is 1. The number of benzene rings is 1. The van der Waals surface area contributed by atoms with Gasteiger partial charge < -0.3 is 15.8 Å². The fourth-order valence-electron chi connectivity index (χ4n) is 2.49. The predicted molar refractivity (Wildman–Crippen MR) is 93.9 cm³/mol. The number of carbonyl (C=O) groups is 1. The zero-order valence-electron chi connectivity index (χ0n) is 13.1. The first kappa shape index (κ1) is 19.1. The van der Waals surface area contributed by atoms with Gasteiger partial charge in [-0.3, -0.25) is 4.79 Å². The molecule has 0 aliphatic heterocycles. The first-order valence-corrected chi connectivity index (χ1v) is 8.67. The lowest BCUT2D eigenvalue weighted by atomic mass is 9.92. The van der Waals surface area contributed by atoms with E-state index in [9.17, 15) is 4.79 Å². The maximum Gasteiger partial charge on any atom is 0.260 e. The van der Waals surface area contributed by atoms with E-state index < -0.39 is 6.10 Å². The van der Waals surface area contributed by atoms with Gasteiger partial charge in [-0.1, -0.05) is 0 Å². The van der Waals surface area contributed by atoms with Gasteiger partial charge in [-0.05, 0) is 63.1 Å². The molecule has 1 saturated carbocycles. The highest BCUT2D eigenvalue weighted by molar-refractivity contribution is 7.98. The fraction of sp³-hybridized carbons (Fsp3) is 0.562. The number of halogens is 1. The first-order valence-electron chi connectivity index (χ1n) is 7.45. The SMILES string of the molecule is CSc1ccc(OC(C)C(=O)NC2CCC(N)CC2)cc1.Cl. The normalized spacial score (nSPS) is 22.3. The number of hydrogen-bond acceptors (Lipinski definition) is 4. The number of rotatable bonds is 5. The van der Waals surface area contributed by atoms with E-state index in [1.807, 2.05) is 30.5 Å². The Bertz CT molecular complexity index is 462. The molecule has 1 atom stereocenters. The average molecular weight is 345 g/mol. The standard InChI is InChI=1S/C16H24N2O2S.ClH/c1-11(20-14-7-9-15(21-2)10-8-14)16(19)18-13-5-3-12(17)4-6-13;/h7-13H,3-6,17H2,1-2H3,(H,18,19);1H. The topological polar surface area (TPSA) is 64.3 Å². The molecule has 0 radical (unpaired) electrons. The number of nitrogens with two attached hydrogens (primary N) is 1. The molecule has 0 aromatic heterocycles. The van der Waals surface area contributed by atoms with Gasteiger partial charge in [-0.25, -0.2) is 0 Å². The van der Waals surface area contributed by atoms with Crippen molar-refractivity contribution < 1.29 is 9.53 Å². The molecule has 1 fully saturated rings. The Hall–Kier alpha value is -0.910. The van der Waals surface area contributed by atoms with Crippen molar-refractivity contribution in [2.75, 3.05) is 6.26 Å². The summed E-state index contributed by atoms with van der Waals surface area (Å²) in [5.41, 5.74) is 5.87. The number of carbonyl (C=O) groups excluding carboxylic acids is 1. The predicted octanol–water partition coefficient (Wildman–Crippen LogP) is 2.98. The highest BCUT2D eigenvalue weighted by Crippen LogP contribution is 2.20. The summed E-state index contributed by atoms with van der Waals surface area (Å²) in [6.45, 7) is 1.78. The maximum absolute atomic E-state index is 12.1. The van der Waals surface area contributed by atoms with Crippen LogP contribution in [0.15, 0.2) is 29.2 Å². The molecule has 0 bridgehead atoms. The molecule has 0 heterocycles. The summed E-state index contributed by atoms with van der Waals surface area (Å²) >= 11 is 1.68. The van der Waals surface area contributed by atoms with Gasteiger partial charge in [-0.2, -0.15) is 0 Å². The summed E-state index contributed by atoms with van der Waals surface area (Å²) in [5, 5.41) is 3.06. The molecule has 0 spiro atoms. The van der Waals surface area contributed by atoms with E-state index in [0.29, 0.717) is 6.04 Å². The Morgan fingerprint density at radius 1 is 1.27 bits per heavy atom. The molecule has 1 aliphatic carbocycles. The van der Waals surface area contributed by atoms with Crippen molar-refractivity contribution >= 4 is 30.1 Å². The van der Waals surface area contributed by atoms with Gasteiger partial charge in [0.1, 0.15) is 5.75 Å². The third-order valence-corrected chi connectivity index (χ3v) is 4.60. The molecule has 0 saturated heterocycles. The number of ether oxygens (including phenoxy) is 1. The smallest absolute Gasteiger partial charge is 0.260 e. The molecule has 6 heteroatoms. The molecule has 1 aromatic carbocycles. The Labute approximate surface area is 143 Å². The minimum absolute atomic E-state index is 0. The molecule has 1 aromatic rings. The highest BCUT2D eigenvalue weighted by Gasteiger charge is 2.23. The van der Waals surface area contributed by atoms with Crippen molar-refractivity contribution in [3.05, 3.63) is 24.3 Å². The van der Waals surface area contributed by atoms with E-state index in [2.05, 4.69) is 5.32 Å². The van der Waals surface area contributed by atoms with Crippen molar-refractivity contribution in [2.45, 2.75) is 55.7 Å². The van der Waals surface area contributed by atoms with Crippen molar-refractivity contribution in [1.29, 1.82) is 0 Å². The maximum atomic E-state index is 12.1. The van der Waals surface area contributed by atoms with Crippen molar-refractivity contribution in [2.24, 2.45) is 5.73 Å². The molecule has 3 N–H and O–H groups in total. The average Bonchev–Trinajstić information content (AvgIpc) is 2.50. The second-order valence-electron chi connectivity index (χ2n) is 5.56. The van der Waals surface area contributed by atoms with Crippen LogP contribution in [0.1, 0.15) is 32.6 Å². The lowest BCUT2D eigenvalue weighted by Crippen LogP contribution is -2.45. The summed E-state index contributed by atoms with van der Waals surface area (Å²) in [5.74, 6) is 0.672. The molecule has 4 nitrogen and oxygen atoms in total. The van der Waals surface area contributed by atoms with Gasteiger partial charge in [0.05, 0.1) is 0 Å². The number of hydrogen-bond donors (Lipinski definition) is 2. The quantitative estimate of drug-likeness (QED) is 0.806. The lowest BCUT2D eigenvalue weighted by molar-refractivity contribution is -0.128. The van der Waals surface area contributed by atoms with E-state index in [1.165, 1.54) is 4.90 Å².